The SMILES string of the molecule is Cc1ccc(CN2CCN(C(=O)c3cc4occc4n3Cc3cccc(F)c3)CC2)cc1. The van der Waals surface area contributed by atoms with E-state index < -0.39 is 0 Å². The highest BCUT2D eigenvalue weighted by molar-refractivity contribution is 5.97. The van der Waals surface area contributed by atoms with Gasteiger partial charge in [0.05, 0.1) is 11.8 Å². The summed E-state index contributed by atoms with van der Waals surface area (Å²) in [5, 5.41) is 0. The Bertz CT molecular complexity index is 1230. The Hall–Kier alpha value is -3.38. The van der Waals surface area contributed by atoms with Crippen molar-refractivity contribution in [1.82, 2.24) is 14.4 Å². The lowest BCUT2D eigenvalue weighted by atomic mass is 10.1. The van der Waals surface area contributed by atoms with E-state index in [0.717, 1.165) is 30.7 Å². The number of fused-ring (bicyclic) bond motifs is 1. The van der Waals surface area contributed by atoms with Gasteiger partial charge in [-0.25, -0.2) is 4.39 Å². The number of furan rings is 1. The van der Waals surface area contributed by atoms with E-state index in [2.05, 4.69) is 36.1 Å². The van der Waals surface area contributed by atoms with Crippen LogP contribution in [0.1, 0.15) is 27.2 Å². The van der Waals surface area contributed by atoms with Gasteiger partial charge in [-0.1, -0.05) is 42.0 Å². The first-order chi connectivity index (χ1) is 15.6. The minimum Gasteiger partial charge on any atom is -0.463 e. The van der Waals surface area contributed by atoms with E-state index in [1.807, 2.05) is 21.6 Å². The molecule has 2 aromatic heterocycles. The molecule has 2 aromatic carbocycles. The molecule has 6 heteroatoms. The standard InChI is InChI=1S/C26H26FN3O2/c1-19-5-7-20(8-6-19)17-28-10-12-29(13-11-28)26(31)24-16-25-23(9-14-32-25)30(24)18-21-3-2-4-22(27)15-21/h2-9,14-16H,10-13,17-18H2,1H3. The second-order valence-corrected chi connectivity index (χ2v) is 8.47. The predicted octanol–water partition coefficient (Wildman–Crippen LogP) is 4.69. The van der Waals surface area contributed by atoms with Gasteiger partial charge in [0, 0.05) is 51.4 Å². The number of halogens is 1. The second kappa shape index (κ2) is 8.63. The Morgan fingerprint density at radius 3 is 2.47 bits per heavy atom. The lowest BCUT2D eigenvalue weighted by Gasteiger charge is -2.35. The third-order valence-electron chi connectivity index (χ3n) is 6.16. The second-order valence-electron chi connectivity index (χ2n) is 8.47. The number of carbonyl (C=O) groups is 1. The van der Waals surface area contributed by atoms with Gasteiger partial charge in [0.1, 0.15) is 11.5 Å². The molecule has 1 saturated heterocycles. The third kappa shape index (κ3) is 4.18. The van der Waals surface area contributed by atoms with Gasteiger partial charge >= 0.3 is 0 Å². The van der Waals surface area contributed by atoms with Crippen LogP contribution < -0.4 is 0 Å². The number of aryl methyl sites for hydroxylation is 1. The van der Waals surface area contributed by atoms with Gasteiger partial charge in [0.2, 0.25) is 0 Å². The molecule has 1 fully saturated rings. The molecule has 1 aliphatic rings. The van der Waals surface area contributed by atoms with Crippen LogP contribution in [0.4, 0.5) is 4.39 Å². The van der Waals surface area contributed by atoms with Crippen LogP contribution in [0.2, 0.25) is 0 Å². The average molecular weight is 432 g/mol. The molecule has 0 unspecified atom stereocenters. The lowest BCUT2D eigenvalue weighted by molar-refractivity contribution is 0.0619. The van der Waals surface area contributed by atoms with Crippen molar-refractivity contribution in [3.63, 3.8) is 0 Å². The number of piperazine rings is 1. The van der Waals surface area contributed by atoms with Crippen LogP contribution in [0.5, 0.6) is 0 Å². The fourth-order valence-electron chi connectivity index (χ4n) is 4.37. The van der Waals surface area contributed by atoms with Crippen molar-refractivity contribution in [3.05, 3.63) is 95.1 Å². The molecular formula is C26H26FN3O2. The molecule has 0 spiro atoms. The Balaban J connectivity index is 1.31. The van der Waals surface area contributed by atoms with Gasteiger partial charge in [0.25, 0.3) is 5.91 Å². The summed E-state index contributed by atoms with van der Waals surface area (Å²) >= 11 is 0. The Kier molecular flexibility index (Phi) is 5.53. The molecule has 164 valence electrons. The molecule has 32 heavy (non-hydrogen) atoms. The summed E-state index contributed by atoms with van der Waals surface area (Å²) in [4.78, 5) is 17.7. The van der Waals surface area contributed by atoms with Gasteiger partial charge in [-0.05, 0) is 30.2 Å². The smallest absolute Gasteiger partial charge is 0.270 e. The molecule has 5 nitrogen and oxygen atoms in total. The van der Waals surface area contributed by atoms with Crippen LogP contribution in [0.25, 0.3) is 11.1 Å². The molecule has 5 rings (SSSR count). The summed E-state index contributed by atoms with van der Waals surface area (Å²) in [6, 6.07) is 18.7. The fraction of sp³-hybridized carbons (Fsp3) is 0.269. The summed E-state index contributed by atoms with van der Waals surface area (Å²) in [5.74, 6) is -0.293. The molecule has 4 aromatic rings. The maximum absolute atomic E-state index is 13.7. The van der Waals surface area contributed by atoms with Crippen molar-refractivity contribution in [2.45, 2.75) is 20.0 Å². The number of rotatable bonds is 5. The summed E-state index contributed by atoms with van der Waals surface area (Å²) < 4.78 is 21.2. The summed E-state index contributed by atoms with van der Waals surface area (Å²) in [6.07, 6.45) is 1.62. The number of nitrogens with zero attached hydrogens (tertiary/aromatic N) is 3. The van der Waals surface area contributed by atoms with Gasteiger partial charge in [-0.3, -0.25) is 9.69 Å². The number of hydrogen-bond acceptors (Lipinski definition) is 3. The quantitative estimate of drug-likeness (QED) is 0.460. The zero-order valence-corrected chi connectivity index (χ0v) is 18.1. The zero-order valence-electron chi connectivity index (χ0n) is 18.1. The average Bonchev–Trinajstić information content (AvgIpc) is 3.38. The molecule has 0 aliphatic carbocycles. The van der Waals surface area contributed by atoms with E-state index in [-0.39, 0.29) is 11.7 Å². The number of hydrogen-bond donors (Lipinski definition) is 0. The van der Waals surface area contributed by atoms with E-state index in [0.29, 0.717) is 30.9 Å². The summed E-state index contributed by atoms with van der Waals surface area (Å²) in [7, 11) is 0. The third-order valence-corrected chi connectivity index (χ3v) is 6.16. The van der Waals surface area contributed by atoms with Crippen LogP contribution in [-0.4, -0.2) is 46.5 Å². The fourth-order valence-corrected chi connectivity index (χ4v) is 4.37. The van der Waals surface area contributed by atoms with E-state index in [1.165, 1.54) is 23.3 Å². The molecule has 0 atom stereocenters. The Morgan fingerprint density at radius 2 is 1.72 bits per heavy atom. The number of aromatic nitrogens is 1. The van der Waals surface area contributed by atoms with Crippen LogP contribution >= 0.6 is 0 Å². The predicted molar refractivity (Wildman–Crippen MR) is 122 cm³/mol. The minimum absolute atomic E-state index is 0.0113. The van der Waals surface area contributed by atoms with Crippen molar-refractivity contribution < 1.29 is 13.6 Å². The molecule has 0 bridgehead atoms. The maximum Gasteiger partial charge on any atom is 0.270 e. The van der Waals surface area contributed by atoms with Crippen molar-refractivity contribution in [1.29, 1.82) is 0 Å². The minimum atomic E-state index is -0.282. The molecule has 0 N–H and O–H groups in total. The zero-order chi connectivity index (χ0) is 22.1. The van der Waals surface area contributed by atoms with Crippen molar-refractivity contribution >= 4 is 17.0 Å². The first-order valence-corrected chi connectivity index (χ1v) is 11.0. The van der Waals surface area contributed by atoms with Gasteiger partial charge in [0.15, 0.2) is 5.58 Å². The monoisotopic (exact) mass is 431 g/mol. The Labute approximate surface area is 186 Å². The van der Waals surface area contributed by atoms with Crippen LogP contribution in [-0.2, 0) is 13.1 Å². The van der Waals surface area contributed by atoms with E-state index in [9.17, 15) is 9.18 Å². The highest BCUT2D eigenvalue weighted by atomic mass is 19.1. The Morgan fingerprint density at radius 1 is 0.938 bits per heavy atom. The molecular weight excluding hydrogens is 405 g/mol. The van der Waals surface area contributed by atoms with Crippen molar-refractivity contribution in [3.8, 4) is 0 Å². The number of benzene rings is 2. The molecule has 0 saturated carbocycles. The normalized spacial score (nSPS) is 14.9. The number of carbonyl (C=O) groups excluding carboxylic acids is 1. The van der Waals surface area contributed by atoms with E-state index in [4.69, 9.17) is 4.42 Å². The highest BCUT2D eigenvalue weighted by Crippen LogP contribution is 2.24. The van der Waals surface area contributed by atoms with Crippen LogP contribution in [0.15, 0.2) is 71.3 Å². The maximum atomic E-state index is 13.7. The molecule has 1 aliphatic heterocycles. The summed E-state index contributed by atoms with van der Waals surface area (Å²) in [6.45, 7) is 6.42. The number of amides is 1. The molecule has 0 radical (unpaired) electrons. The first-order valence-electron chi connectivity index (χ1n) is 11.0. The van der Waals surface area contributed by atoms with Crippen LogP contribution in [0.3, 0.4) is 0 Å². The topological polar surface area (TPSA) is 41.6 Å². The largest absolute Gasteiger partial charge is 0.463 e. The van der Waals surface area contributed by atoms with Crippen LogP contribution in [0, 0.1) is 12.7 Å². The van der Waals surface area contributed by atoms with Gasteiger partial charge < -0.3 is 13.9 Å². The first kappa shape index (κ1) is 20.5. The molecule has 3 heterocycles. The van der Waals surface area contributed by atoms with Gasteiger partial charge in [-0.15, -0.1) is 0 Å². The highest BCUT2D eigenvalue weighted by Gasteiger charge is 2.26. The summed E-state index contributed by atoms with van der Waals surface area (Å²) in [5.41, 5.74) is 5.45. The van der Waals surface area contributed by atoms with E-state index in [1.54, 1.807) is 18.4 Å². The van der Waals surface area contributed by atoms with Crippen molar-refractivity contribution in [2.24, 2.45) is 0 Å². The van der Waals surface area contributed by atoms with E-state index >= 15 is 0 Å². The lowest BCUT2D eigenvalue weighted by Crippen LogP contribution is -2.48. The molecule has 1 amide bonds. The van der Waals surface area contributed by atoms with Crippen molar-refractivity contribution in [2.75, 3.05) is 26.2 Å². The van der Waals surface area contributed by atoms with Gasteiger partial charge in [-0.2, -0.15) is 0 Å².